The zero-order valence-corrected chi connectivity index (χ0v) is 15.6. The zero-order valence-electron chi connectivity index (χ0n) is 14.0. The Morgan fingerprint density at radius 3 is 2.62 bits per heavy atom. The third kappa shape index (κ3) is 5.45. The van der Waals surface area contributed by atoms with Crippen molar-refractivity contribution in [1.82, 2.24) is 9.62 Å². The molecule has 0 aliphatic carbocycles. The summed E-state index contributed by atoms with van der Waals surface area (Å²) in [5.41, 5.74) is 5.37. The van der Waals surface area contributed by atoms with Gasteiger partial charge < -0.3 is 15.4 Å². The predicted octanol–water partition coefficient (Wildman–Crippen LogP) is 0.872. The number of carbonyl (C=O) groups excluding carboxylic acids is 2. The number of amides is 2. The first kappa shape index (κ1) is 20.2. The van der Waals surface area contributed by atoms with Crippen LogP contribution in [0, 0.1) is 0 Å². The first-order valence-electron chi connectivity index (χ1n) is 7.86. The summed E-state index contributed by atoms with van der Waals surface area (Å²) >= 11 is 5.82. The van der Waals surface area contributed by atoms with Crippen LogP contribution in [0.1, 0.15) is 23.2 Å². The number of ether oxygens (including phenoxy) is 1. The van der Waals surface area contributed by atoms with E-state index < -0.39 is 15.9 Å². The molecule has 0 bridgehead atoms. The Balaban J connectivity index is 1.89. The van der Waals surface area contributed by atoms with E-state index in [-0.39, 0.29) is 29.9 Å². The minimum absolute atomic E-state index is 0.0999. The second kappa shape index (κ2) is 8.52. The van der Waals surface area contributed by atoms with Gasteiger partial charge in [-0.15, -0.1) is 0 Å². The molecule has 0 saturated carbocycles. The van der Waals surface area contributed by atoms with E-state index in [0.29, 0.717) is 31.0 Å². The van der Waals surface area contributed by atoms with Crippen molar-refractivity contribution >= 4 is 33.4 Å². The van der Waals surface area contributed by atoms with Gasteiger partial charge in [-0.25, -0.2) is 13.1 Å². The molecule has 142 valence electrons. The lowest BCUT2D eigenvalue weighted by Gasteiger charge is -2.32. The Labute approximate surface area is 157 Å². The summed E-state index contributed by atoms with van der Waals surface area (Å²) < 4.78 is 30.9. The van der Waals surface area contributed by atoms with Crippen molar-refractivity contribution in [3.05, 3.63) is 40.8 Å². The van der Waals surface area contributed by atoms with E-state index in [1.54, 1.807) is 4.90 Å². The van der Waals surface area contributed by atoms with Gasteiger partial charge in [-0.1, -0.05) is 18.2 Å². The van der Waals surface area contributed by atoms with Crippen LogP contribution in [0.3, 0.4) is 0 Å². The highest BCUT2D eigenvalue weighted by Gasteiger charge is 2.25. The van der Waals surface area contributed by atoms with Crippen molar-refractivity contribution in [1.29, 1.82) is 0 Å². The summed E-state index contributed by atoms with van der Waals surface area (Å²) in [7, 11) is -3.49. The number of nitrogens with zero attached hydrogens (tertiary/aromatic N) is 1. The molecule has 1 heterocycles. The molecule has 26 heavy (non-hydrogen) atoms. The first-order valence-corrected chi connectivity index (χ1v) is 9.79. The molecule has 1 saturated heterocycles. The molecule has 3 N–H and O–H groups in total. The number of sulfonamides is 1. The zero-order chi connectivity index (χ0) is 19.3. The fourth-order valence-electron chi connectivity index (χ4n) is 2.58. The molecule has 2 rings (SSSR count). The molecule has 2 amide bonds. The Morgan fingerprint density at radius 2 is 2.04 bits per heavy atom. The first-order chi connectivity index (χ1) is 12.2. The Hall–Kier alpha value is -2.10. The van der Waals surface area contributed by atoms with E-state index in [1.165, 1.54) is 18.2 Å². The molecule has 1 aliphatic rings. The van der Waals surface area contributed by atoms with Gasteiger partial charge in [0.25, 0.3) is 11.8 Å². The summed E-state index contributed by atoms with van der Waals surface area (Å²) in [5.74, 6) is -0.783. The number of nitrogens with two attached hydrogens (primary N) is 1. The number of halogens is 1. The van der Waals surface area contributed by atoms with Crippen molar-refractivity contribution in [3.63, 3.8) is 0 Å². The lowest BCUT2D eigenvalue weighted by molar-refractivity contribution is -0.134. The molecule has 1 aromatic rings. The Morgan fingerprint density at radius 1 is 1.38 bits per heavy atom. The summed E-state index contributed by atoms with van der Waals surface area (Å²) in [6.45, 7) is 3.78. The number of primary amides is 1. The number of rotatable bonds is 7. The van der Waals surface area contributed by atoms with Gasteiger partial charge in [0.05, 0.1) is 5.56 Å². The maximum absolute atomic E-state index is 12.3. The monoisotopic (exact) mass is 401 g/mol. The average Bonchev–Trinajstić information content (AvgIpc) is 2.60. The highest BCUT2D eigenvalue weighted by molar-refractivity contribution is 7.92. The van der Waals surface area contributed by atoms with E-state index >= 15 is 0 Å². The number of likely N-dealkylation sites (tertiary alicyclic amines) is 1. The van der Waals surface area contributed by atoms with Crippen molar-refractivity contribution < 1.29 is 22.7 Å². The second-order valence-electron chi connectivity index (χ2n) is 5.78. The van der Waals surface area contributed by atoms with Crippen LogP contribution in [0.2, 0.25) is 5.02 Å². The number of piperidine rings is 1. The molecule has 0 radical (unpaired) electrons. The van der Waals surface area contributed by atoms with Crippen LogP contribution in [-0.2, 0) is 14.8 Å². The molecule has 1 aliphatic heterocycles. The van der Waals surface area contributed by atoms with Gasteiger partial charge in [0, 0.05) is 29.6 Å². The van der Waals surface area contributed by atoms with Crippen molar-refractivity contribution in [2.45, 2.75) is 18.9 Å². The van der Waals surface area contributed by atoms with E-state index in [4.69, 9.17) is 22.1 Å². The standard InChI is InChI=1S/C16H20ClN3O5S/c1-2-26(23,24)19-12-5-7-20(8-6-12)15(21)10-25-14-4-3-11(17)9-13(14)16(18)22/h2-4,9,12,19H,1,5-8,10H2,(H2,18,22). The highest BCUT2D eigenvalue weighted by atomic mass is 35.5. The molecule has 0 atom stereocenters. The quantitative estimate of drug-likeness (QED) is 0.702. The summed E-state index contributed by atoms with van der Waals surface area (Å²) in [6, 6.07) is 4.15. The third-order valence-electron chi connectivity index (χ3n) is 3.96. The molecule has 0 spiro atoms. The van der Waals surface area contributed by atoms with E-state index in [1.807, 2.05) is 0 Å². The number of nitrogens with one attached hydrogen (secondary N) is 1. The SMILES string of the molecule is C=CS(=O)(=O)NC1CCN(C(=O)COc2ccc(Cl)cc2C(N)=O)CC1. The van der Waals surface area contributed by atoms with Gasteiger partial charge in [-0.3, -0.25) is 9.59 Å². The summed E-state index contributed by atoms with van der Waals surface area (Å²) in [5, 5.41) is 1.20. The maximum Gasteiger partial charge on any atom is 0.260 e. The van der Waals surface area contributed by atoms with Crippen LogP contribution >= 0.6 is 11.6 Å². The number of carbonyl (C=O) groups is 2. The molecule has 0 unspecified atom stereocenters. The van der Waals surface area contributed by atoms with Crippen LogP contribution in [-0.4, -0.2) is 50.9 Å². The number of hydrogen-bond donors (Lipinski definition) is 2. The van der Waals surface area contributed by atoms with Crippen molar-refractivity contribution in [2.75, 3.05) is 19.7 Å². The molecular formula is C16H20ClN3O5S. The van der Waals surface area contributed by atoms with Crippen LogP contribution in [0.4, 0.5) is 0 Å². The largest absolute Gasteiger partial charge is 0.483 e. The van der Waals surface area contributed by atoms with Crippen LogP contribution in [0.15, 0.2) is 30.2 Å². The molecule has 10 heteroatoms. The van der Waals surface area contributed by atoms with Gasteiger partial charge in [0.2, 0.25) is 10.0 Å². The van der Waals surface area contributed by atoms with Gasteiger partial charge >= 0.3 is 0 Å². The van der Waals surface area contributed by atoms with E-state index in [0.717, 1.165) is 5.41 Å². The second-order valence-corrected chi connectivity index (χ2v) is 7.87. The van der Waals surface area contributed by atoms with Gasteiger partial charge in [0.15, 0.2) is 6.61 Å². The summed E-state index contributed by atoms with van der Waals surface area (Å²) in [4.78, 5) is 25.3. The molecule has 1 aromatic carbocycles. The van der Waals surface area contributed by atoms with Crippen molar-refractivity contribution in [3.8, 4) is 5.75 Å². The van der Waals surface area contributed by atoms with Gasteiger partial charge in [0.1, 0.15) is 5.75 Å². The number of benzene rings is 1. The van der Waals surface area contributed by atoms with Gasteiger partial charge in [-0.05, 0) is 31.0 Å². The molecular weight excluding hydrogens is 382 g/mol. The highest BCUT2D eigenvalue weighted by Crippen LogP contribution is 2.22. The van der Waals surface area contributed by atoms with Gasteiger partial charge in [-0.2, -0.15) is 0 Å². The fourth-order valence-corrected chi connectivity index (χ4v) is 3.55. The minimum atomic E-state index is -3.49. The van der Waals surface area contributed by atoms with Crippen LogP contribution in [0.5, 0.6) is 5.75 Å². The minimum Gasteiger partial charge on any atom is -0.483 e. The van der Waals surface area contributed by atoms with Crippen LogP contribution in [0.25, 0.3) is 0 Å². The number of hydrogen-bond acceptors (Lipinski definition) is 5. The third-order valence-corrected chi connectivity index (χ3v) is 5.29. The van der Waals surface area contributed by atoms with Crippen LogP contribution < -0.4 is 15.2 Å². The van der Waals surface area contributed by atoms with Crippen molar-refractivity contribution in [2.24, 2.45) is 5.73 Å². The molecule has 0 aromatic heterocycles. The Bertz CT molecular complexity index is 804. The average molecular weight is 402 g/mol. The smallest absolute Gasteiger partial charge is 0.260 e. The molecule has 1 fully saturated rings. The lowest BCUT2D eigenvalue weighted by Crippen LogP contribution is -2.47. The molecule has 8 nitrogen and oxygen atoms in total. The Kier molecular flexibility index (Phi) is 6.63. The fraction of sp³-hybridized carbons (Fsp3) is 0.375. The van der Waals surface area contributed by atoms with E-state index in [2.05, 4.69) is 11.3 Å². The topological polar surface area (TPSA) is 119 Å². The summed E-state index contributed by atoms with van der Waals surface area (Å²) in [6.07, 6.45) is 0.985. The normalized spacial score (nSPS) is 15.5. The van der Waals surface area contributed by atoms with E-state index in [9.17, 15) is 18.0 Å². The maximum atomic E-state index is 12.3. The lowest BCUT2D eigenvalue weighted by atomic mass is 10.1. The predicted molar refractivity (Wildman–Crippen MR) is 97.3 cm³/mol.